The van der Waals surface area contributed by atoms with Crippen molar-refractivity contribution in [1.29, 1.82) is 0 Å². The maximum Gasteiger partial charge on any atom is 0.212 e. The molecule has 112 valence electrons. The van der Waals surface area contributed by atoms with Gasteiger partial charge in [-0.2, -0.15) is 0 Å². The summed E-state index contributed by atoms with van der Waals surface area (Å²) >= 11 is 0. The molecule has 0 spiro atoms. The molecule has 2 aromatic rings. The molecular weight excluding hydrogens is 264 g/mol. The van der Waals surface area contributed by atoms with E-state index in [1.54, 1.807) is 13.3 Å². The number of aryl methyl sites for hydroxylation is 1. The molecule has 5 nitrogen and oxygen atoms in total. The van der Waals surface area contributed by atoms with Crippen LogP contribution in [0.1, 0.15) is 29.7 Å². The summed E-state index contributed by atoms with van der Waals surface area (Å²) in [6.07, 6.45) is 4.39. The minimum absolute atomic E-state index is 0.124. The topological polar surface area (TPSA) is 73.1 Å². The fourth-order valence-corrected chi connectivity index (χ4v) is 2.45. The van der Waals surface area contributed by atoms with Gasteiger partial charge in [-0.1, -0.05) is 13.0 Å². The monoisotopic (exact) mass is 286 g/mol. The maximum atomic E-state index is 6.07. The predicted molar refractivity (Wildman–Crippen MR) is 84.3 cm³/mol. The van der Waals surface area contributed by atoms with Crippen molar-refractivity contribution >= 4 is 5.82 Å². The van der Waals surface area contributed by atoms with Crippen LogP contribution in [0.15, 0.2) is 30.6 Å². The summed E-state index contributed by atoms with van der Waals surface area (Å²) in [5, 5.41) is 3.48. The van der Waals surface area contributed by atoms with Crippen LogP contribution < -0.4 is 15.8 Å². The Labute approximate surface area is 125 Å². The third-order valence-electron chi connectivity index (χ3n) is 3.48. The molecule has 0 aliphatic heterocycles. The Balaban J connectivity index is 2.26. The molecule has 0 bridgehead atoms. The number of hydrogen-bond donors (Lipinski definition) is 2. The fraction of sp³-hybridized carbons (Fsp3) is 0.375. The predicted octanol–water partition coefficient (Wildman–Crippen LogP) is 2.27. The first-order chi connectivity index (χ1) is 10.2. The average molecular weight is 286 g/mol. The van der Waals surface area contributed by atoms with Crippen LogP contribution in [0.4, 0.5) is 5.82 Å². The van der Waals surface area contributed by atoms with Gasteiger partial charge in [0.05, 0.1) is 7.11 Å². The number of anilines is 1. The number of aromatic nitrogens is 2. The van der Waals surface area contributed by atoms with E-state index in [4.69, 9.17) is 10.5 Å². The van der Waals surface area contributed by atoms with Gasteiger partial charge in [0.2, 0.25) is 5.88 Å². The molecule has 0 saturated carbocycles. The highest BCUT2D eigenvalue weighted by Crippen LogP contribution is 2.25. The van der Waals surface area contributed by atoms with Crippen LogP contribution in [0.3, 0.4) is 0 Å². The average Bonchev–Trinajstić information content (AvgIpc) is 2.48. The van der Waals surface area contributed by atoms with Crippen molar-refractivity contribution in [3.05, 3.63) is 47.3 Å². The molecule has 2 heterocycles. The normalized spacial score (nSPS) is 12.1. The molecule has 5 heteroatoms. The Hall–Kier alpha value is -2.14. The quantitative estimate of drug-likeness (QED) is 0.852. The second kappa shape index (κ2) is 7.04. The molecule has 0 fully saturated rings. The number of nitrogens with one attached hydrogen (secondary N) is 1. The van der Waals surface area contributed by atoms with Crippen LogP contribution in [-0.4, -0.2) is 23.6 Å². The van der Waals surface area contributed by atoms with Crippen LogP contribution >= 0.6 is 0 Å². The van der Waals surface area contributed by atoms with E-state index in [1.807, 2.05) is 24.4 Å². The summed E-state index contributed by atoms with van der Waals surface area (Å²) in [7, 11) is 1.61. The van der Waals surface area contributed by atoms with Gasteiger partial charge in [0.25, 0.3) is 0 Å². The van der Waals surface area contributed by atoms with E-state index in [0.29, 0.717) is 11.7 Å². The third kappa shape index (κ3) is 3.70. The van der Waals surface area contributed by atoms with Gasteiger partial charge in [0, 0.05) is 30.1 Å². The molecule has 0 radical (unpaired) electrons. The van der Waals surface area contributed by atoms with Crippen molar-refractivity contribution in [2.45, 2.75) is 26.3 Å². The van der Waals surface area contributed by atoms with Crippen molar-refractivity contribution in [2.75, 3.05) is 19.4 Å². The Bertz CT molecular complexity index is 563. The van der Waals surface area contributed by atoms with Gasteiger partial charge in [-0.25, -0.2) is 9.97 Å². The van der Waals surface area contributed by atoms with E-state index in [2.05, 4.69) is 29.1 Å². The lowest BCUT2D eigenvalue weighted by atomic mass is 9.96. The summed E-state index contributed by atoms with van der Waals surface area (Å²) in [6, 6.07) is 6.01. The summed E-state index contributed by atoms with van der Waals surface area (Å²) < 4.78 is 5.09. The molecule has 21 heavy (non-hydrogen) atoms. The van der Waals surface area contributed by atoms with Gasteiger partial charge in [-0.15, -0.1) is 0 Å². The van der Waals surface area contributed by atoms with Crippen molar-refractivity contribution < 1.29 is 4.74 Å². The molecule has 0 amide bonds. The second-order valence-electron chi connectivity index (χ2n) is 4.95. The highest BCUT2D eigenvalue weighted by atomic mass is 16.5. The Morgan fingerprint density at radius 1 is 1.29 bits per heavy atom. The van der Waals surface area contributed by atoms with E-state index < -0.39 is 0 Å². The van der Waals surface area contributed by atoms with Crippen molar-refractivity contribution in [3.8, 4) is 5.88 Å². The number of nitrogen functional groups attached to an aromatic ring is 1. The Morgan fingerprint density at radius 2 is 2.10 bits per heavy atom. The van der Waals surface area contributed by atoms with Gasteiger partial charge >= 0.3 is 0 Å². The first kappa shape index (κ1) is 15.3. The van der Waals surface area contributed by atoms with Crippen molar-refractivity contribution in [1.82, 2.24) is 15.3 Å². The number of methoxy groups -OCH3 is 1. The van der Waals surface area contributed by atoms with Gasteiger partial charge in [0.15, 0.2) is 0 Å². The van der Waals surface area contributed by atoms with Gasteiger partial charge in [-0.05, 0) is 37.1 Å². The van der Waals surface area contributed by atoms with Gasteiger partial charge in [-0.3, -0.25) is 0 Å². The summed E-state index contributed by atoms with van der Waals surface area (Å²) in [6.45, 7) is 5.01. The maximum absolute atomic E-state index is 6.07. The number of hydrogen-bond acceptors (Lipinski definition) is 5. The second-order valence-corrected chi connectivity index (χ2v) is 4.95. The minimum Gasteiger partial charge on any atom is -0.481 e. The van der Waals surface area contributed by atoms with E-state index in [0.717, 1.165) is 29.7 Å². The standard InChI is InChI=1S/C16H22N4O/c1-4-18-13(15-11(2)7-8-19-16(15)17)9-12-5-6-14(21-3)20-10-12/h5-8,10,13,18H,4,9H2,1-3H3,(H2,17,19). The fourth-order valence-electron chi connectivity index (χ4n) is 2.45. The molecule has 0 saturated heterocycles. The van der Waals surface area contributed by atoms with Crippen LogP contribution in [-0.2, 0) is 6.42 Å². The van der Waals surface area contributed by atoms with Crippen LogP contribution in [0.25, 0.3) is 0 Å². The number of pyridine rings is 2. The van der Waals surface area contributed by atoms with E-state index in [-0.39, 0.29) is 6.04 Å². The first-order valence-corrected chi connectivity index (χ1v) is 7.09. The SMILES string of the molecule is CCNC(Cc1ccc(OC)nc1)c1c(C)ccnc1N. The van der Waals surface area contributed by atoms with Crippen LogP contribution in [0, 0.1) is 6.92 Å². The zero-order valence-electron chi connectivity index (χ0n) is 12.8. The lowest BCUT2D eigenvalue weighted by Crippen LogP contribution is -2.25. The molecule has 0 aliphatic rings. The minimum atomic E-state index is 0.124. The first-order valence-electron chi connectivity index (χ1n) is 7.09. The molecule has 2 aromatic heterocycles. The lowest BCUT2D eigenvalue weighted by Gasteiger charge is -2.21. The third-order valence-corrected chi connectivity index (χ3v) is 3.48. The smallest absolute Gasteiger partial charge is 0.212 e. The summed E-state index contributed by atoms with van der Waals surface area (Å²) in [5.41, 5.74) is 9.41. The van der Waals surface area contributed by atoms with Crippen LogP contribution in [0.2, 0.25) is 0 Å². The summed E-state index contributed by atoms with van der Waals surface area (Å²) in [4.78, 5) is 8.47. The largest absolute Gasteiger partial charge is 0.481 e. The molecule has 1 unspecified atom stereocenters. The zero-order valence-corrected chi connectivity index (χ0v) is 12.8. The summed E-state index contributed by atoms with van der Waals surface area (Å²) in [5.74, 6) is 1.21. The lowest BCUT2D eigenvalue weighted by molar-refractivity contribution is 0.397. The molecule has 2 rings (SSSR count). The van der Waals surface area contributed by atoms with E-state index in [1.165, 1.54) is 0 Å². The Kier molecular flexibility index (Phi) is 5.11. The molecular formula is C16H22N4O. The molecule has 0 aliphatic carbocycles. The highest BCUT2D eigenvalue weighted by molar-refractivity contribution is 5.46. The molecule has 1 atom stereocenters. The zero-order chi connectivity index (χ0) is 15.2. The van der Waals surface area contributed by atoms with Crippen molar-refractivity contribution in [2.24, 2.45) is 0 Å². The highest BCUT2D eigenvalue weighted by Gasteiger charge is 2.17. The molecule has 0 aromatic carbocycles. The van der Waals surface area contributed by atoms with Gasteiger partial charge < -0.3 is 15.8 Å². The number of nitrogens with zero attached hydrogens (tertiary/aromatic N) is 2. The van der Waals surface area contributed by atoms with Crippen molar-refractivity contribution in [3.63, 3.8) is 0 Å². The molecule has 3 N–H and O–H groups in total. The van der Waals surface area contributed by atoms with E-state index >= 15 is 0 Å². The Morgan fingerprint density at radius 3 is 2.67 bits per heavy atom. The van der Waals surface area contributed by atoms with Gasteiger partial charge in [0.1, 0.15) is 5.82 Å². The number of nitrogens with two attached hydrogens (primary N) is 1. The number of rotatable bonds is 6. The van der Waals surface area contributed by atoms with E-state index in [9.17, 15) is 0 Å². The number of likely N-dealkylation sites (N-methyl/N-ethyl adjacent to an activating group) is 1. The van der Waals surface area contributed by atoms with Crippen LogP contribution in [0.5, 0.6) is 5.88 Å². The number of ether oxygens (including phenoxy) is 1.